The van der Waals surface area contributed by atoms with E-state index in [4.69, 9.17) is 0 Å². The van der Waals surface area contributed by atoms with Crippen LogP contribution in [0.1, 0.15) is 13.3 Å². The zero-order chi connectivity index (χ0) is 9.61. The molecule has 0 saturated heterocycles. The number of sulfone groups is 1. The maximum absolute atomic E-state index is 11.0. The first-order valence-electron chi connectivity index (χ1n) is 3.50. The van der Waals surface area contributed by atoms with E-state index >= 15 is 0 Å². The summed E-state index contributed by atoms with van der Waals surface area (Å²) in [5.41, 5.74) is 0. The summed E-state index contributed by atoms with van der Waals surface area (Å²) in [6.45, 7) is 1.75. The largest absolute Gasteiger partial charge is 0.466 e. The first-order chi connectivity index (χ1) is 5.52. The summed E-state index contributed by atoms with van der Waals surface area (Å²) >= 11 is 0. The van der Waals surface area contributed by atoms with Crippen LogP contribution in [0.2, 0.25) is 0 Å². The van der Waals surface area contributed by atoms with Crippen LogP contribution in [-0.4, -0.2) is 27.2 Å². The normalized spacial score (nSPS) is 11.8. The Balaban J connectivity index is 4.24. The van der Waals surface area contributed by atoms with Crippen molar-refractivity contribution in [3.63, 3.8) is 0 Å². The molecule has 0 aliphatic carbocycles. The highest BCUT2D eigenvalue weighted by molar-refractivity contribution is 7.94. The van der Waals surface area contributed by atoms with Crippen molar-refractivity contribution < 1.29 is 17.9 Å². The Morgan fingerprint density at radius 3 is 2.50 bits per heavy atom. The number of carbonyl (C=O) groups excluding carboxylic acids is 1. The van der Waals surface area contributed by atoms with Crippen molar-refractivity contribution in [2.24, 2.45) is 0 Å². The Morgan fingerprint density at radius 1 is 1.50 bits per heavy atom. The molecule has 0 rings (SSSR count). The van der Waals surface area contributed by atoms with Crippen LogP contribution in [-0.2, 0) is 19.4 Å². The molecule has 0 aromatic heterocycles. The van der Waals surface area contributed by atoms with E-state index < -0.39 is 15.8 Å². The minimum Gasteiger partial charge on any atom is -0.466 e. The van der Waals surface area contributed by atoms with E-state index in [1.807, 2.05) is 0 Å². The fraction of sp³-hybridized carbons (Fsp3) is 0.571. The highest BCUT2D eigenvalue weighted by atomic mass is 32.2. The van der Waals surface area contributed by atoms with Crippen LogP contribution < -0.4 is 0 Å². The highest BCUT2D eigenvalue weighted by Crippen LogP contribution is 1.95. The molecule has 0 amide bonds. The zero-order valence-electron chi connectivity index (χ0n) is 7.11. The second kappa shape index (κ2) is 4.92. The van der Waals surface area contributed by atoms with Gasteiger partial charge in [-0.05, 0) is 6.42 Å². The first kappa shape index (κ1) is 11.2. The van der Waals surface area contributed by atoms with E-state index in [9.17, 15) is 13.2 Å². The van der Waals surface area contributed by atoms with Gasteiger partial charge >= 0.3 is 5.97 Å². The predicted octanol–water partition coefficient (Wildman–Crippen LogP) is 0.498. The molecule has 0 N–H and O–H groups in total. The fourth-order valence-corrected chi connectivity index (χ4v) is 1.60. The van der Waals surface area contributed by atoms with Crippen molar-refractivity contribution in [1.29, 1.82) is 0 Å². The predicted molar refractivity (Wildman–Crippen MR) is 45.2 cm³/mol. The number of rotatable bonds is 4. The van der Waals surface area contributed by atoms with Gasteiger partial charge in [0.25, 0.3) is 0 Å². The minimum absolute atomic E-state index is 0.0560. The van der Waals surface area contributed by atoms with Crippen molar-refractivity contribution >= 4 is 15.8 Å². The average molecular weight is 192 g/mol. The molecule has 4 nitrogen and oxygen atoms in total. The number of carbonyl (C=O) groups is 1. The van der Waals surface area contributed by atoms with Crippen LogP contribution >= 0.6 is 0 Å². The Kier molecular flexibility index (Phi) is 4.58. The van der Waals surface area contributed by atoms with Gasteiger partial charge in [-0.25, -0.2) is 13.2 Å². The Hall–Kier alpha value is -0.840. The molecular weight excluding hydrogens is 180 g/mol. The molecule has 0 aliphatic rings. The molecule has 0 heterocycles. The Bertz CT molecular complexity index is 263. The van der Waals surface area contributed by atoms with E-state index in [0.717, 1.165) is 11.5 Å². The maximum atomic E-state index is 11.0. The van der Waals surface area contributed by atoms with Gasteiger partial charge in [-0.2, -0.15) is 0 Å². The standard InChI is InChI=1S/C7H12O4S/c1-3-5-12(9,10)6-4-7(8)11-2/h4,6H,3,5H2,1-2H3/b6-4+. The molecule has 0 aromatic carbocycles. The lowest BCUT2D eigenvalue weighted by molar-refractivity contribution is -0.134. The zero-order valence-corrected chi connectivity index (χ0v) is 7.93. The van der Waals surface area contributed by atoms with E-state index in [1.54, 1.807) is 6.92 Å². The molecule has 5 heteroatoms. The van der Waals surface area contributed by atoms with Crippen LogP contribution in [0.3, 0.4) is 0 Å². The number of esters is 1. The number of hydrogen-bond acceptors (Lipinski definition) is 4. The molecule has 70 valence electrons. The summed E-state index contributed by atoms with van der Waals surface area (Å²) in [5, 5.41) is 0.877. The van der Waals surface area contributed by atoms with Crippen molar-refractivity contribution in [3.8, 4) is 0 Å². The number of hydrogen-bond donors (Lipinski definition) is 0. The Labute approximate surface area is 72.1 Å². The molecule has 0 aromatic rings. The fourth-order valence-electron chi connectivity index (χ4n) is 0.580. The molecule has 0 radical (unpaired) electrons. The van der Waals surface area contributed by atoms with Crippen molar-refractivity contribution in [3.05, 3.63) is 11.5 Å². The smallest absolute Gasteiger partial charge is 0.331 e. The lowest BCUT2D eigenvalue weighted by Crippen LogP contribution is -2.02. The monoisotopic (exact) mass is 192 g/mol. The minimum atomic E-state index is -3.22. The number of ether oxygens (including phenoxy) is 1. The molecule has 0 bridgehead atoms. The van der Waals surface area contributed by atoms with E-state index in [0.29, 0.717) is 6.42 Å². The second-order valence-electron chi connectivity index (χ2n) is 2.19. The third-order valence-electron chi connectivity index (χ3n) is 1.10. The van der Waals surface area contributed by atoms with E-state index in [1.165, 1.54) is 7.11 Å². The van der Waals surface area contributed by atoms with Gasteiger partial charge in [0.15, 0.2) is 9.84 Å². The highest BCUT2D eigenvalue weighted by Gasteiger charge is 2.04. The van der Waals surface area contributed by atoms with Gasteiger partial charge < -0.3 is 4.74 Å². The third-order valence-corrected chi connectivity index (χ3v) is 2.63. The van der Waals surface area contributed by atoms with Crippen molar-refractivity contribution in [2.45, 2.75) is 13.3 Å². The van der Waals surface area contributed by atoms with Gasteiger partial charge in [-0.1, -0.05) is 6.92 Å². The van der Waals surface area contributed by atoms with Gasteiger partial charge in [0.1, 0.15) is 0 Å². The quantitative estimate of drug-likeness (QED) is 0.480. The summed E-state index contributed by atoms with van der Waals surface area (Å²) in [5.74, 6) is -0.602. The van der Waals surface area contributed by atoms with E-state index in [-0.39, 0.29) is 5.75 Å². The van der Waals surface area contributed by atoms with Gasteiger partial charge in [0.05, 0.1) is 12.9 Å². The van der Waals surface area contributed by atoms with Gasteiger partial charge in [-0.3, -0.25) is 0 Å². The van der Waals surface area contributed by atoms with Crippen LogP contribution in [0.5, 0.6) is 0 Å². The summed E-state index contributed by atoms with van der Waals surface area (Å²) < 4.78 is 26.1. The molecule has 12 heavy (non-hydrogen) atoms. The van der Waals surface area contributed by atoms with Crippen LogP contribution in [0.15, 0.2) is 11.5 Å². The van der Waals surface area contributed by atoms with E-state index in [2.05, 4.69) is 4.74 Å². The van der Waals surface area contributed by atoms with Crippen LogP contribution in [0.25, 0.3) is 0 Å². The lowest BCUT2D eigenvalue weighted by atomic mass is 10.6. The van der Waals surface area contributed by atoms with Crippen molar-refractivity contribution in [1.82, 2.24) is 0 Å². The molecule has 0 unspecified atom stereocenters. The van der Waals surface area contributed by atoms with Gasteiger partial charge in [-0.15, -0.1) is 0 Å². The summed E-state index contributed by atoms with van der Waals surface area (Å²) in [4.78, 5) is 10.5. The molecule has 0 atom stereocenters. The summed E-state index contributed by atoms with van der Waals surface area (Å²) in [7, 11) is -2.02. The topological polar surface area (TPSA) is 60.4 Å². The van der Waals surface area contributed by atoms with Crippen molar-refractivity contribution in [2.75, 3.05) is 12.9 Å². The second-order valence-corrected chi connectivity index (χ2v) is 4.20. The van der Waals surface area contributed by atoms with Gasteiger partial charge in [0, 0.05) is 11.5 Å². The molecule has 0 aliphatic heterocycles. The first-order valence-corrected chi connectivity index (χ1v) is 5.22. The molecular formula is C7H12O4S. The average Bonchev–Trinajstić information content (AvgIpc) is 2.00. The van der Waals surface area contributed by atoms with Crippen LogP contribution in [0.4, 0.5) is 0 Å². The molecule has 0 spiro atoms. The molecule has 0 fully saturated rings. The summed E-state index contributed by atoms with van der Waals surface area (Å²) in [6, 6.07) is 0. The maximum Gasteiger partial charge on any atom is 0.331 e. The third kappa shape index (κ3) is 4.90. The van der Waals surface area contributed by atoms with Gasteiger partial charge in [0.2, 0.25) is 0 Å². The number of methoxy groups -OCH3 is 1. The Morgan fingerprint density at radius 2 is 2.08 bits per heavy atom. The van der Waals surface area contributed by atoms with Crippen LogP contribution in [0, 0.1) is 0 Å². The summed E-state index contributed by atoms with van der Waals surface area (Å²) in [6.07, 6.45) is 1.44. The molecule has 0 saturated carbocycles. The lowest BCUT2D eigenvalue weighted by Gasteiger charge is -1.93. The SMILES string of the molecule is CCCS(=O)(=O)/C=C/C(=O)OC.